The van der Waals surface area contributed by atoms with Crippen LogP contribution in [-0.4, -0.2) is 37.6 Å². The molecule has 160 valence electrons. The first-order chi connectivity index (χ1) is 13.5. The lowest BCUT2D eigenvalue weighted by Crippen LogP contribution is -2.51. The number of nitrogens with one attached hydrogen (secondary N) is 1. The Labute approximate surface area is 181 Å². The zero-order chi connectivity index (χ0) is 20.0. The van der Waals surface area contributed by atoms with Gasteiger partial charge in [0.25, 0.3) is 0 Å². The van der Waals surface area contributed by atoms with Crippen LogP contribution in [0.25, 0.3) is 0 Å². The highest BCUT2D eigenvalue weighted by Crippen LogP contribution is 2.46. The summed E-state index contributed by atoms with van der Waals surface area (Å²) in [5, 5.41) is 13.9. The number of hydrogen-bond donors (Lipinski definition) is 2. The minimum absolute atomic E-state index is 0. The third-order valence-electron chi connectivity index (χ3n) is 6.01. The minimum atomic E-state index is -0.197. The van der Waals surface area contributed by atoms with Gasteiger partial charge in [0.15, 0.2) is 0 Å². The molecule has 2 unspecified atom stereocenters. The van der Waals surface area contributed by atoms with E-state index >= 15 is 0 Å². The number of halogens is 1. The highest BCUT2D eigenvalue weighted by molar-refractivity contribution is 5.85. The maximum absolute atomic E-state index is 10.3. The van der Waals surface area contributed by atoms with E-state index in [-0.39, 0.29) is 35.9 Å². The van der Waals surface area contributed by atoms with Gasteiger partial charge in [-0.15, -0.1) is 12.4 Å². The molecule has 2 atom stereocenters. The molecule has 1 aliphatic heterocycles. The highest BCUT2D eigenvalue weighted by Gasteiger charge is 2.46. The predicted molar refractivity (Wildman–Crippen MR) is 120 cm³/mol. The van der Waals surface area contributed by atoms with Gasteiger partial charge in [0.1, 0.15) is 5.75 Å². The lowest BCUT2D eigenvalue weighted by atomic mass is 9.62. The molecule has 1 aliphatic rings. The Balaban J connectivity index is 0.00000300. The van der Waals surface area contributed by atoms with Crippen LogP contribution in [0.4, 0.5) is 0 Å². The van der Waals surface area contributed by atoms with Crippen molar-refractivity contribution in [2.45, 2.75) is 44.2 Å². The van der Waals surface area contributed by atoms with Gasteiger partial charge in [-0.2, -0.15) is 0 Å². The molecule has 0 bridgehead atoms. The summed E-state index contributed by atoms with van der Waals surface area (Å²) in [6.07, 6.45) is 1.83. The summed E-state index contributed by atoms with van der Waals surface area (Å²) in [6.45, 7) is 6.71. The zero-order valence-corrected chi connectivity index (χ0v) is 18.5. The first-order valence-electron chi connectivity index (χ1n) is 10.1. The average Bonchev–Trinajstić information content (AvgIpc) is 2.71. The summed E-state index contributed by atoms with van der Waals surface area (Å²) in [5.41, 5.74) is 2.22. The Morgan fingerprint density at radius 1 is 1.10 bits per heavy atom. The minimum Gasteiger partial charge on any atom is -0.497 e. The van der Waals surface area contributed by atoms with Gasteiger partial charge in [-0.05, 0) is 49.9 Å². The predicted octanol–water partition coefficient (Wildman–Crippen LogP) is 4.34. The molecule has 29 heavy (non-hydrogen) atoms. The van der Waals surface area contributed by atoms with Crippen molar-refractivity contribution in [1.82, 2.24) is 5.32 Å². The van der Waals surface area contributed by atoms with Crippen LogP contribution in [0.3, 0.4) is 0 Å². The third-order valence-corrected chi connectivity index (χ3v) is 6.01. The van der Waals surface area contributed by atoms with Crippen LogP contribution in [0.2, 0.25) is 0 Å². The molecule has 0 saturated carbocycles. The SMILES string of the molecule is COc1ccc(CNCC(CO)C2(c3ccccc3)CCOC(C)(C)C2)cc1.Cl. The average molecular weight is 420 g/mol. The van der Waals surface area contributed by atoms with Crippen LogP contribution in [0.5, 0.6) is 5.75 Å². The van der Waals surface area contributed by atoms with Crippen LogP contribution in [-0.2, 0) is 16.7 Å². The lowest BCUT2D eigenvalue weighted by Gasteiger charge is -2.49. The van der Waals surface area contributed by atoms with Crippen molar-refractivity contribution >= 4 is 12.4 Å². The van der Waals surface area contributed by atoms with Crippen molar-refractivity contribution in [3.05, 3.63) is 65.7 Å². The fourth-order valence-electron chi connectivity index (χ4n) is 4.58. The first kappa shape index (κ1) is 23.7. The van der Waals surface area contributed by atoms with Gasteiger partial charge in [-0.3, -0.25) is 0 Å². The molecule has 3 rings (SSSR count). The number of aliphatic hydroxyl groups is 1. The van der Waals surface area contributed by atoms with E-state index in [0.29, 0.717) is 0 Å². The molecule has 1 saturated heterocycles. The molecule has 0 spiro atoms. The Kier molecular flexibility index (Phi) is 8.53. The van der Waals surface area contributed by atoms with E-state index in [1.54, 1.807) is 7.11 Å². The van der Waals surface area contributed by atoms with E-state index in [1.165, 1.54) is 11.1 Å². The molecule has 0 aliphatic carbocycles. The fourth-order valence-corrected chi connectivity index (χ4v) is 4.58. The maximum atomic E-state index is 10.3. The number of rotatable bonds is 8. The second kappa shape index (κ2) is 10.4. The molecule has 1 fully saturated rings. The fraction of sp³-hybridized carbons (Fsp3) is 0.500. The molecule has 1 heterocycles. The van der Waals surface area contributed by atoms with Crippen molar-refractivity contribution in [2.75, 3.05) is 26.9 Å². The van der Waals surface area contributed by atoms with Crippen molar-refractivity contribution in [2.24, 2.45) is 5.92 Å². The Morgan fingerprint density at radius 2 is 1.79 bits per heavy atom. The van der Waals surface area contributed by atoms with Crippen molar-refractivity contribution in [3.8, 4) is 5.75 Å². The van der Waals surface area contributed by atoms with E-state index in [9.17, 15) is 5.11 Å². The van der Waals surface area contributed by atoms with Crippen LogP contribution in [0.15, 0.2) is 54.6 Å². The zero-order valence-electron chi connectivity index (χ0n) is 17.7. The Bertz CT molecular complexity index is 736. The number of ether oxygens (including phenoxy) is 2. The van der Waals surface area contributed by atoms with Crippen LogP contribution < -0.4 is 10.1 Å². The van der Waals surface area contributed by atoms with E-state index in [2.05, 4.69) is 61.6 Å². The van der Waals surface area contributed by atoms with Crippen molar-refractivity contribution in [1.29, 1.82) is 0 Å². The van der Waals surface area contributed by atoms with Crippen LogP contribution >= 0.6 is 12.4 Å². The quantitative estimate of drug-likeness (QED) is 0.668. The van der Waals surface area contributed by atoms with E-state index < -0.39 is 0 Å². The Morgan fingerprint density at radius 3 is 2.38 bits per heavy atom. The van der Waals surface area contributed by atoms with E-state index in [1.807, 2.05) is 12.1 Å². The third kappa shape index (κ3) is 5.73. The van der Waals surface area contributed by atoms with Crippen molar-refractivity contribution in [3.63, 3.8) is 0 Å². The van der Waals surface area contributed by atoms with Gasteiger partial charge < -0.3 is 19.9 Å². The van der Waals surface area contributed by atoms with Gasteiger partial charge in [0, 0.05) is 37.6 Å². The molecule has 2 N–H and O–H groups in total. The molecule has 2 aromatic carbocycles. The summed E-state index contributed by atoms with van der Waals surface area (Å²) in [7, 11) is 1.68. The largest absolute Gasteiger partial charge is 0.497 e. The molecule has 2 aromatic rings. The molecular weight excluding hydrogens is 386 g/mol. The lowest BCUT2D eigenvalue weighted by molar-refractivity contribution is -0.0991. The first-order valence-corrected chi connectivity index (χ1v) is 10.1. The van der Waals surface area contributed by atoms with Gasteiger partial charge in [-0.25, -0.2) is 0 Å². The number of methoxy groups -OCH3 is 1. The molecule has 0 amide bonds. The molecular formula is C24H34ClNO3. The van der Waals surface area contributed by atoms with Gasteiger partial charge in [-0.1, -0.05) is 42.5 Å². The second-order valence-electron chi connectivity index (χ2n) is 8.42. The summed E-state index contributed by atoms with van der Waals surface area (Å²) < 4.78 is 11.2. The summed E-state index contributed by atoms with van der Waals surface area (Å²) >= 11 is 0. The molecule has 0 radical (unpaired) electrons. The second-order valence-corrected chi connectivity index (χ2v) is 8.42. The van der Waals surface area contributed by atoms with Crippen molar-refractivity contribution < 1.29 is 14.6 Å². The maximum Gasteiger partial charge on any atom is 0.118 e. The van der Waals surface area contributed by atoms with Crippen LogP contribution in [0, 0.1) is 5.92 Å². The monoisotopic (exact) mass is 419 g/mol. The van der Waals surface area contributed by atoms with Gasteiger partial charge >= 0.3 is 0 Å². The standard InChI is InChI=1S/C24H33NO3.ClH/c1-23(2)18-24(13-14-28-23,20-7-5-4-6-8-20)21(17-26)16-25-15-19-9-11-22(27-3)12-10-19;/h4-12,21,25-26H,13-18H2,1-3H3;1H. The van der Waals surface area contributed by atoms with E-state index in [4.69, 9.17) is 9.47 Å². The summed E-state index contributed by atoms with van der Waals surface area (Å²) in [5.74, 6) is 0.987. The normalized spacial score (nSPS) is 21.8. The van der Waals surface area contributed by atoms with Gasteiger partial charge in [0.05, 0.1) is 12.7 Å². The number of benzene rings is 2. The topological polar surface area (TPSA) is 50.7 Å². The number of hydrogen-bond acceptors (Lipinski definition) is 4. The number of aliphatic hydroxyl groups excluding tert-OH is 1. The summed E-state index contributed by atoms with van der Waals surface area (Å²) in [6, 6.07) is 18.8. The highest BCUT2D eigenvalue weighted by atomic mass is 35.5. The molecule has 5 heteroatoms. The summed E-state index contributed by atoms with van der Waals surface area (Å²) in [4.78, 5) is 0. The van der Waals surface area contributed by atoms with Crippen LogP contribution in [0.1, 0.15) is 37.8 Å². The smallest absolute Gasteiger partial charge is 0.118 e. The van der Waals surface area contributed by atoms with E-state index in [0.717, 1.165) is 38.3 Å². The molecule has 4 nitrogen and oxygen atoms in total. The molecule has 0 aromatic heterocycles. The van der Waals surface area contributed by atoms with Gasteiger partial charge in [0.2, 0.25) is 0 Å². The Hall–Kier alpha value is -1.59.